The van der Waals surface area contributed by atoms with E-state index in [2.05, 4.69) is 73.2 Å². The van der Waals surface area contributed by atoms with Gasteiger partial charge in [0.2, 0.25) is 11.8 Å². The van der Waals surface area contributed by atoms with Crippen LogP contribution in [0, 0.1) is 27.3 Å². The van der Waals surface area contributed by atoms with Gasteiger partial charge in [-0.1, -0.05) is 38.1 Å². The summed E-state index contributed by atoms with van der Waals surface area (Å²) in [4.78, 5) is 47.3. The number of nitro benzene ring substituents is 1. The number of aromatic amines is 1. The molecule has 1 aliphatic carbocycles. The summed E-state index contributed by atoms with van der Waals surface area (Å²) in [6.07, 6.45) is 7.48. The number of amides is 1. The van der Waals surface area contributed by atoms with Gasteiger partial charge in [0, 0.05) is 119 Å². The molecule has 3 N–H and O–H groups in total. The summed E-state index contributed by atoms with van der Waals surface area (Å²) in [6.45, 7) is 8.01. The fourth-order valence-corrected chi connectivity index (χ4v) is 12.9. The number of alkyl halides is 1. The lowest BCUT2D eigenvalue weighted by Crippen LogP contribution is -2.60. The standard InChI is InChI=1S/C55H59F3N10O9S/c1-33(2)38-6-4-5-7-39(38)44-30-65(29-35-8-9-47(74-3)63-51(35)57)18-19-67(44)36-26-54(27-36)11-16-66(17-12-54)42-24-45(77-37-22-34-10-15-59-52(34)60-28-37)40(23-41(42)56)53(69)64-78(72,73)46-25-43(68(70)71)48(50-49(46)62-32-76-50)61-31-55(58)13-20-75-21-14-55/h4-10,15,22-25,28,32-33,36,44,61H,11-14,16-21,26-27,29-31H2,1-3H3,(H,59,60)(H,64,69)/t44-/m0/s1. The molecular weight excluding hydrogens is 1030 g/mol. The van der Waals surface area contributed by atoms with Crippen LogP contribution in [-0.2, 0) is 21.3 Å². The molecule has 7 heterocycles. The number of nitrogens with one attached hydrogen (secondary N) is 3. The molecule has 1 atom stereocenters. The Morgan fingerprint density at radius 3 is 2.53 bits per heavy atom. The Kier molecular flexibility index (Phi) is 14.3. The summed E-state index contributed by atoms with van der Waals surface area (Å²) >= 11 is 0. The van der Waals surface area contributed by atoms with E-state index in [1.165, 1.54) is 30.5 Å². The number of anilines is 2. The topological polar surface area (TPSA) is 223 Å². The zero-order valence-electron chi connectivity index (χ0n) is 43.3. The highest BCUT2D eigenvalue weighted by Gasteiger charge is 2.50. The number of aromatic nitrogens is 4. The van der Waals surface area contributed by atoms with Crippen LogP contribution in [0.2, 0.25) is 0 Å². The molecule has 0 radical (unpaired) electrons. The van der Waals surface area contributed by atoms with Crippen molar-refractivity contribution in [3.63, 3.8) is 0 Å². The van der Waals surface area contributed by atoms with Crippen molar-refractivity contribution < 1.29 is 49.9 Å². The molecule has 78 heavy (non-hydrogen) atoms. The van der Waals surface area contributed by atoms with Gasteiger partial charge >= 0.3 is 0 Å². The van der Waals surface area contributed by atoms with Crippen LogP contribution in [0.4, 0.5) is 30.2 Å². The molecule has 3 aliphatic heterocycles. The summed E-state index contributed by atoms with van der Waals surface area (Å²) in [5.74, 6) is -2.12. The van der Waals surface area contributed by atoms with Crippen LogP contribution in [0.1, 0.15) is 91.4 Å². The second-order valence-electron chi connectivity index (χ2n) is 21.2. The van der Waals surface area contributed by atoms with Crippen LogP contribution in [0.5, 0.6) is 17.4 Å². The van der Waals surface area contributed by atoms with Crippen molar-refractivity contribution in [2.75, 3.05) is 69.8 Å². The van der Waals surface area contributed by atoms with Gasteiger partial charge in [-0.2, -0.15) is 9.37 Å². The van der Waals surface area contributed by atoms with Crippen LogP contribution >= 0.6 is 0 Å². The molecule has 0 unspecified atom stereocenters. The fourth-order valence-electron chi connectivity index (χ4n) is 11.8. The van der Waals surface area contributed by atoms with Gasteiger partial charge in [-0.3, -0.25) is 24.7 Å². The number of rotatable bonds is 16. The first-order chi connectivity index (χ1) is 37.5. The highest BCUT2D eigenvalue weighted by Crippen LogP contribution is 2.54. The Hall–Kier alpha value is -7.34. The van der Waals surface area contributed by atoms with Crippen LogP contribution in [0.25, 0.3) is 22.1 Å². The number of sulfonamides is 1. The highest BCUT2D eigenvalue weighted by atomic mass is 32.2. The minimum atomic E-state index is -5.02. The number of nitro groups is 1. The van der Waals surface area contributed by atoms with Crippen molar-refractivity contribution in [2.45, 2.75) is 87.5 Å². The van der Waals surface area contributed by atoms with Gasteiger partial charge in [-0.25, -0.2) is 31.9 Å². The molecule has 4 fully saturated rings. The summed E-state index contributed by atoms with van der Waals surface area (Å²) in [7, 11) is -3.56. The third-order valence-electron chi connectivity index (χ3n) is 16.1. The number of piperazine rings is 1. The molecule has 3 aromatic carbocycles. The van der Waals surface area contributed by atoms with Gasteiger partial charge in [-0.05, 0) is 72.4 Å². The van der Waals surface area contributed by atoms with E-state index in [1.807, 2.05) is 9.62 Å². The predicted octanol–water partition coefficient (Wildman–Crippen LogP) is 9.57. The third kappa shape index (κ3) is 10.4. The van der Waals surface area contributed by atoms with Crippen molar-refractivity contribution >= 4 is 55.1 Å². The quantitative estimate of drug-likeness (QED) is 0.0465. The number of oxazole rings is 1. The molecule has 11 rings (SSSR count). The number of pyridine rings is 2. The number of hydrogen-bond donors (Lipinski definition) is 3. The molecule has 23 heteroatoms. The summed E-state index contributed by atoms with van der Waals surface area (Å²) in [6, 6.07) is 18.8. The number of benzene rings is 3. The molecule has 4 aromatic heterocycles. The van der Waals surface area contributed by atoms with Crippen LogP contribution in [0.3, 0.4) is 0 Å². The van der Waals surface area contributed by atoms with E-state index in [1.54, 1.807) is 30.5 Å². The SMILES string of the molecule is COc1ccc(CN2CCN(C3CC4(CCN(c5cc(Oc6cnc7[nH]ccc7c6)c(C(=O)NS(=O)(=O)c6cc([N+](=O)[O-])c(NCC7(F)CCOCC7)c7ocnc67)cc5F)CC4)C3)[C@H](c3ccccc3C(C)C)C2)c(F)n1. The second-order valence-corrected chi connectivity index (χ2v) is 22.9. The molecule has 1 spiro atoms. The first-order valence-electron chi connectivity index (χ1n) is 26.1. The third-order valence-corrected chi connectivity index (χ3v) is 17.4. The highest BCUT2D eigenvalue weighted by molar-refractivity contribution is 7.90. The van der Waals surface area contributed by atoms with E-state index in [0.29, 0.717) is 60.8 Å². The Morgan fingerprint density at radius 2 is 1.78 bits per heavy atom. The lowest BCUT2D eigenvalue weighted by Gasteiger charge is -2.58. The molecule has 7 aromatic rings. The average molecular weight is 1090 g/mol. The van der Waals surface area contributed by atoms with E-state index in [9.17, 15) is 23.3 Å². The number of piperidine rings is 1. The van der Waals surface area contributed by atoms with Gasteiger partial charge in [0.05, 0.1) is 29.5 Å². The lowest BCUT2D eigenvalue weighted by atomic mass is 9.59. The smallest absolute Gasteiger partial charge is 0.297 e. The average Bonchev–Trinajstić information content (AvgIpc) is 4.19. The van der Waals surface area contributed by atoms with Gasteiger partial charge in [0.15, 0.2) is 17.7 Å². The van der Waals surface area contributed by atoms with E-state index >= 15 is 13.2 Å². The number of ether oxygens (including phenoxy) is 3. The predicted molar refractivity (Wildman–Crippen MR) is 283 cm³/mol. The van der Waals surface area contributed by atoms with E-state index in [0.717, 1.165) is 51.2 Å². The van der Waals surface area contributed by atoms with Crippen LogP contribution in [-0.4, -0.2) is 120 Å². The first kappa shape index (κ1) is 52.7. The monoisotopic (exact) mass is 1090 g/mol. The number of hydrogen-bond acceptors (Lipinski definition) is 16. The van der Waals surface area contributed by atoms with Crippen LogP contribution < -0.4 is 24.4 Å². The Bertz CT molecular complexity index is 3520. The molecular formula is C55H59F3N10O9S. The Labute approximate surface area is 447 Å². The lowest BCUT2D eigenvalue weighted by molar-refractivity contribution is -0.384. The molecule has 1 amide bonds. The normalized spacial score (nSPS) is 19.1. The van der Waals surface area contributed by atoms with Crippen LogP contribution in [0.15, 0.2) is 94.8 Å². The van der Waals surface area contributed by atoms with Gasteiger partial charge in [0.25, 0.3) is 21.6 Å². The number of H-pyrrole nitrogens is 1. The molecule has 410 valence electrons. The minimum absolute atomic E-state index is 0.0127. The van der Waals surface area contributed by atoms with Gasteiger partial charge in [-0.15, -0.1) is 0 Å². The Balaban J connectivity index is 0.824. The number of methoxy groups -OCH3 is 1. The maximum atomic E-state index is 16.7. The molecule has 19 nitrogen and oxygen atoms in total. The minimum Gasteiger partial charge on any atom is -0.481 e. The van der Waals surface area contributed by atoms with Crippen molar-refractivity contribution in [3.05, 3.63) is 130 Å². The summed E-state index contributed by atoms with van der Waals surface area (Å²) in [5.41, 5.74) is -0.266. The molecule has 1 saturated carbocycles. The Morgan fingerprint density at radius 1 is 1.00 bits per heavy atom. The zero-order valence-corrected chi connectivity index (χ0v) is 44.1. The van der Waals surface area contributed by atoms with Crippen molar-refractivity contribution in [3.8, 4) is 17.4 Å². The summed E-state index contributed by atoms with van der Waals surface area (Å²) in [5, 5.41) is 15.9. The first-order valence-corrected chi connectivity index (χ1v) is 27.6. The van der Waals surface area contributed by atoms with Crippen molar-refractivity contribution in [1.29, 1.82) is 0 Å². The second kappa shape index (κ2) is 21.1. The number of fused-ring (bicyclic) bond motifs is 2. The molecule has 4 aliphatic rings. The summed E-state index contributed by atoms with van der Waals surface area (Å²) < 4.78 is 99.9. The largest absolute Gasteiger partial charge is 0.481 e. The number of carbonyl (C=O) groups excluding carboxylic acids is 1. The molecule has 0 bridgehead atoms. The van der Waals surface area contributed by atoms with E-state index in [-0.39, 0.29) is 83.9 Å². The van der Waals surface area contributed by atoms with Crippen molar-refractivity contribution in [2.24, 2.45) is 5.41 Å². The van der Waals surface area contributed by atoms with E-state index in [4.69, 9.17) is 18.6 Å². The number of carbonyl (C=O) groups is 1. The van der Waals surface area contributed by atoms with E-state index < -0.39 is 54.4 Å². The maximum Gasteiger partial charge on any atom is 0.297 e. The zero-order chi connectivity index (χ0) is 54.5. The number of halogens is 3. The maximum absolute atomic E-state index is 16.7. The fraction of sp³-hybridized carbons (Fsp3) is 0.418. The van der Waals surface area contributed by atoms with Gasteiger partial charge in [0.1, 0.15) is 39.0 Å². The van der Waals surface area contributed by atoms with Gasteiger partial charge < -0.3 is 33.8 Å². The molecule has 3 saturated heterocycles. The van der Waals surface area contributed by atoms with Crippen molar-refractivity contribution in [1.82, 2.24) is 34.5 Å². The number of nitrogens with zero attached hydrogens (tertiary/aromatic N) is 7.